The lowest BCUT2D eigenvalue weighted by Crippen LogP contribution is -2.36. The fourth-order valence-electron chi connectivity index (χ4n) is 2.34. The lowest BCUT2D eigenvalue weighted by atomic mass is 10.1. The Hall–Kier alpha value is -1.64. The average molecular weight is 327 g/mol. The summed E-state index contributed by atoms with van der Waals surface area (Å²) in [6, 6.07) is 0. The summed E-state index contributed by atoms with van der Waals surface area (Å²) in [5, 5.41) is 2.91. The van der Waals surface area contributed by atoms with Crippen molar-refractivity contribution in [3.8, 4) is 0 Å². The van der Waals surface area contributed by atoms with Crippen molar-refractivity contribution in [2.75, 3.05) is 45.7 Å². The third-order valence-electron chi connectivity index (χ3n) is 3.43. The van der Waals surface area contributed by atoms with Crippen LogP contribution in [-0.2, 0) is 16.0 Å². The van der Waals surface area contributed by atoms with E-state index >= 15 is 0 Å². The number of carbonyl (C=O) groups excluding carboxylic acids is 2. The Kier molecular flexibility index (Phi) is 5.76. The number of carbonyl (C=O) groups is 2. The molecule has 1 aliphatic rings. The summed E-state index contributed by atoms with van der Waals surface area (Å²) >= 11 is 1.12. The summed E-state index contributed by atoms with van der Waals surface area (Å²) in [5.41, 5.74) is 6.92. The maximum absolute atomic E-state index is 12.2. The van der Waals surface area contributed by atoms with Crippen molar-refractivity contribution >= 4 is 28.2 Å². The molecule has 122 valence electrons. The van der Waals surface area contributed by atoms with Crippen molar-refractivity contribution in [1.29, 1.82) is 0 Å². The zero-order valence-corrected chi connectivity index (χ0v) is 13.6. The second-order valence-corrected chi connectivity index (χ2v) is 5.89. The molecule has 1 amide bonds. The van der Waals surface area contributed by atoms with Gasteiger partial charge in [0.05, 0.1) is 30.3 Å². The van der Waals surface area contributed by atoms with E-state index in [0.29, 0.717) is 40.8 Å². The lowest BCUT2D eigenvalue weighted by Gasteiger charge is -2.27. The molecule has 3 N–H and O–H groups in total. The Labute approximate surface area is 133 Å². The number of nitrogens with zero attached hydrogens (tertiary/aromatic N) is 1. The molecule has 0 unspecified atom stereocenters. The first-order chi connectivity index (χ1) is 10.6. The highest BCUT2D eigenvalue weighted by atomic mass is 32.1. The van der Waals surface area contributed by atoms with Crippen molar-refractivity contribution < 1.29 is 19.1 Å². The molecular weight excluding hydrogens is 306 g/mol. The standard InChI is InChI=1S/C14H21N3O4S/c1-3-21-14(19)10-9(8-17-4-6-20-7-5-17)11(13(18)16-2)22-12(10)15/h3-8,15H2,1-2H3,(H,16,18). The Bertz CT molecular complexity index is 553. The number of nitrogens with one attached hydrogen (secondary N) is 1. The number of amides is 1. The van der Waals surface area contributed by atoms with Gasteiger partial charge in [-0.25, -0.2) is 4.79 Å². The van der Waals surface area contributed by atoms with Gasteiger partial charge in [0.25, 0.3) is 5.91 Å². The third kappa shape index (κ3) is 3.57. The van der Waals surface area contributed by atoms with Crippen LogP contribution in [-0.4, -0.2) is 56.7 Å². The number of hydrogen-bond acceptors (Lipinski definition) is 7. The monoisotopic (exact) mass is 327 g/mol. The van der Waals surface area contributed by atoms with Crippen molar-refractivity contribution in [1.82, 2.24) is 10.2 Å². The molecule has 1 aromatic rings. The molecule has 0 bridgehead atoms. The maximum atomic E-state index is 12.2. The van der Waals surface area contributed by atoms with Gasteiger partial charge in [0.1, 0.15) is 5.00 Å². The summed E-state index contributed by atoms with van der Waals surface area (Å²) < 4.78 is 10.4. The van der Waals surface area contributed by atoms with Gasteiger partial charge in [-0.05, 0) is 6.92 Å². The van der Waals surface area contributed by atoms with Crippen LogP contribution in [0, 0.1) is 0 Å². The number of nitrogens with two attached hydrogens (primary N) is 1. The highest BCUT2D eigenvalue weighted by Crippen LogP contribution is 2.33. The molecular formula is C14H21N3O4S. The molecule has 0 spiro atoms. The minimum Gasteiger partial charge on any atom is -0.462 e. The number of morpholine rings is 1. The largest absolute Gasteiger partial charge is 0.462 e. The smallest absolute Gasteiger partial charge is 0.341 e. The van der Waals surface area contributed by atoms with Crippen molar-refractivity contribution in [3.05, 3.63) is 16.0 Å². The maximum Gasteiger partial charge on any atom is 0.341 e. The molecule has 0 atom stereocenters. The van der Waals surface area contributed by atoms with Crippen LogP contribution >= 0.6 is 11.3 Å². The molecule has 7 nitrogen and oxygen atoms in total. The Balaban J connectivity index is 2.36. The summed E-state index contributed by atoms with van der Waals surface area (Å²) in [5.74, 6) is -0.717. The quantitative estimate of drug-likeness (QED) is 0.773. The molecule has 1 saturated heterocycles. The minimum absolute atomic E-state index is 0.240. The van der Waals surface area contributed by atoms with Crippen LogP contribution in [0.4, 0.5) is 5.00 Å². The topological polar surface area (TPSA) is 93.9 Å². The number of esters is 1. The highest BCUT2D eigenvalue weighted by Gasteiger charge is 2.28. The highest BCUT2D eigenvalue weighted by molar-refractivity contribution is 7.18. The molecule has 1 aromatic heterocycles. The number of hydrogen-bond donors (Lipinski definition) is 2. The van der Waals surface area contributed by atoms with Crippen LogP contribution in [0.25, 0.3) is 0 Å². The van der Waals surface area contributed by atoms with E-state index < -0.39 is 5.97 Å². The SMILES string of the molecule is CCOC(=O)c1c(N)sc(C(=O)NC)c1CN1CCOCC1. The Morgan fingerprint density at radius 2 is 2.09 bits per heavy atom. The van der Waals surface area contributed by atoms with Gasteiger partial charge in [0.2, 0.25) is 0 Å². The zero-order valence-electron chi connectivity index (χ0n) is 12.8. The number of thiophene rings is 1. The molecule has 22 heavy (non-hydrogen) atoms. The first-order valence-corrected chi connectivity index (χ1v) is 8.00. The van der Waals surface area contributed by atoms with Crippen LogP contribution in [0.1, 0.15) is 32.5 Å². The van der Waals surface area contributed by atoms with E-state index in [4.69, 9.17) is 15.2 Å². The summed E-state index contributed by atoms with van der Waals surface area (Å²) in [6.45, 7) is 5.28. The summed E-state index contributed by atoms with van der Waals surface area (Å²) in [6.07, 6.45) is 0. The predicted molar refractivity (Wildman–Crippen MR) is 84.2 cm³/mol. The van der Waals surface area contributed by atoms with Crippen LogP contribution in [0.15, 0.2) is 0 Å². The van der Waals surface area contributed by atoms with Gasteiger partial charge in [-0.2, -0.15) is 0 Å². The summed E-state index contributed by atoms with van der Waals surface area (Å²) in [4.78, 5) is 26.9. The van der Waals surface area contributed by atoms with Gasteiger partial charge >= 0.3 is 5.97 Å². The van der Waals surface area contributed by atoms with E-state index in [1.165, 1.54) is 0 Å². The second-order valence-electron chi connectivity index (χ2n) is 4.84. The lowest BCUT2D eigenvalue weighted by molar-refractivity contribution is 0.0336. The molecule has 1 aliphatic heterocycles. The number of anilines is 1. The van der Waals surface area contributed by atoms with Gasteiger partial charge in [-0.3, -0.25) is 9.69 Å². The fourth-order valence-corrected chi connectivity index (χ4v) is 3.36. The van der Waals surface area contributed by atoms with Crippen molar-refractivity contribution in [3.63, 3.8) is 0 Å². The first kappa shape index (κ1) is 16.7. The Morgan fingerprint density at radius 1 is 1.41 bits per heavy atom. The molecule has 0 aliphatic carbocycles. The average Bonchev–Trinajstić information content (AvgIpc) is 2.84. The van der Waals surface area contributed by atoms with Crippen LogP contribution < -0.4 is 11.1 Å². The fraction of sp³-hybridized carbons (Fsp3) is 0.571. The van der Waals surface area contributed by atoms with Gasteiger partial charge in [0.15, 0.2) is 0 Å². The normalized spacial score (nSPS) is 15.5. The van der Waals surface area contributed by atoms with Crippen molar-refractivity contribution in [2.45, 2.75) is 13.5 Å². The third-order valence-corrected chi connectivity index (χ3v) is 4.49. The van der Waals surface area contributed by atoms with E-state index in [0.717, 1.165) is 24.4 Å². The molecule has 0 aromatic carbocycles. The van der Waals surface area contributed by atoms with E-state index in [1.807, 2.05) is 0 Å². The van der Waals surface area contributed by atoms with E-state index in [1.54, 1.807) is 14.0 Å². The first-order valence-electron chi connectivity index (χ1n) is 7.18. The molecule has 8 heteroatoms. The number of rotatable bonds is 5. The number of nitrogen functional groups attached to an aromatic ring is 1. The molecule has 2 heterocycles. The van der Waals surface area contributed by atoms with E-state index in [-0.39, 0.29) is 12.5 Å². The van der Waals surface area contributed by atoms with Crippen molar-refractivity contribution in [2.24, 2.45) is 0 Å². The van der Waals surface area contributed by atoms with Crippen LogP contribution in [0.5, 0.6) is 0 Å². The van der Waals surface area contributed by atoms with Crippen LogP contribution in [0.3, 0.4) is 0 Å². The van der Waals surface area contributed by atoms with Gasteiger partial charge < -0.3 is 20.5 Å². The zero-order chi connectivity index (χ0) is 16.1. The summed E-state index contributed by atoms with van der Waals surface area (Å²) in [7, 11) is 1.56. The van der Waals surface area contributed by atoms with Crippen LogP contribution in [0.2, 0.25) is 0 Å². The second kappa shape index (κ2) is 7.57. The minimum atomic E-state index is -0.477. The Morgan fingerprint density at radius 3 is 2.68 bits per heavy atom. The number of ether oxygens (including phenoxy) is 2. The van der Waals surface area contributed by atoms with Gasteiger partial charge in [0, 0.05) is 32.2 Å². The molecule has 1 fully saturated rings. The molecule has 2 rings (SSSR count). The van der Waals surface area contributed by atoms with Gasteiger partial charge in [-0.15, -0.1) is 11.3 Å². The van der Waals surface area contributed by atoms with E-state index in [2.05, 4.69) is 10.2 Å². The predicted octanol–water partition coefficient (Wildman–Crippen LogP) is 0.699. The van der Waals surface area contributed by atoms with Gasteiger partial charge in [-0.1, -0.05) is 0 Å². The van der Waals surface area contributed by atoms with E-state index in [9.17, 15) is 9.59 Å². The molecule has 0 saturated carbocycles. The molecule has 0 radical (unpaired) electrons.